The number of hydrogen-bond donors (Lipinski definition) is 3. The molecule has 1 saturated heterocycles. The molecular formula is C52H97N7O10S. The van der Waals surface area contributed by atoms with Crippen molar-refractivity contribution < 1.29 is 47.7 Å². The Hall–Kier alpha value is -3.59. The third-order valence-corrected chi connectivity index (χ3v) is 12.5. The van der Waals surface area contributed by atoms with Gasteiger partial charge in [-0.1, -0.05) is 119 Å². The number of methoxy groups -OCH3 is 2. The van der Waals surface area contributed by atoms with Crippen molar-refractivity contribution in [1.29, 1.82) is 0 Å². The first-order chi connectivity index (χ1) is 33.6. The lowest BCUT2D eigenvalue weighted by Crippen LogP contribution is -2.54. The SMILES string of the molecule is C=C/C=C\C(=C)CC(NC(=O)C(C)C(OC)C1CCCN1C=O)c1nccs1.CC.CCC.CCC(C)C(C(CC)OC)N(C)C(=O)CNC(=O)C(C(C)C)N(C)CCOCCOCCOCCON. The lowest BCUT2D eigenvalue weighted by atomic mass is 9.91. The summed E-state index contributed by atoms with van der Waals surface area (Å²) in [6.07, 6.45) is 12.9. The van der Waals surface area contributed by atoms with E-state index < -0.39 is 5.92 Å². The summed E-state index contributed by atoms with van der Waals surface area (Å²) >= 11 is 1.50. The van der Waals surface area contributed by atoms with Crippen molar-refractivity contribution in [3.8, 4) is 0 Å². The number of hydrogen-bond acceptors (Lipinski definition) is 14. The van der Waals surface area contributed by atoms with E-state index in [4.69, 9.17) is 29.6 Å². The number of rotatable bonds is 34. The number of aromatic nitrogens is 1. The average Bonchev–Trinajstić information content (AvgIpc) is 4.08. The van der Waals surface area contributed by atoms with Crippen LogP contribution in [0.25, 0.3) is 0 Å². The largest absolute Gasteiger partial charge is 0.379 e. The molecule has 0 aromatic carbocycles. The second-order valence-electron chi connectivity index (χ2n) is 17.3. The van der Waals surface area contributed by atoms with E-state index >= 15 is 0 Å². The molecule has 1 aliphatic heterocycles. The van der Waals surface area contributed by atoms with Gasteiger partial charge < -0.3 is 49.0 Å². The van der Waals surface area contributed by atoms with Gasteiger partial charge in [-0.15, -0.1) is 11.3 Å². The van der Waals surface area contributed by atoms with Crippen LogP contribution in [0, 0.1) is 17.8 Å². The lowest BCUT2D eigenvalue weighted by Gasteiger charge is -2.37. The van der Waals surface area contributed by atoms with Crippen molar-refractivity contribution >= 4 is 35.5 Å². The topological polar surface area (TPSA) is 196 Å². The van der Waals surface area contributed by atoms with Gasteiger partial charge in [-0.05, 0) is 44.6 Å². The molecule has 18 heteroatoms. The summed E-state index contributed by atoms with van der Waals surface area (Å²) in [5.74, 6) is 4.44. The third-order valence-electron chi connectivity index (χ3n) is 11.7. The third kappa shape index (κ3) is 27.3. The highest BCUT2D eigenvalue weighted by Gasteiger charge is 2.38. The molecule has 2 rings (SSSR count). The number of likely N-dealkylation sites (N-methyl/N-ethyl adjacent to an activating group) is 2. The first kappa shape index (κ1) is 68.5. The summed E-state index contributed by atoms with van der Waals surface area (Å²) in [6, 6.07) is -0.764. The Bertz CT molecular complexity index is 1530. The quantitative estimate of drug-likeness (QED) is 0.0277. The molecular weight excluding hydrogens is 915 g/mol. The van der Waals surface area contributed by atoms with E-state index in [1.54, 1.807) is 43.3 Å². The highest BCUT2D eigenvalue weighted by atomic mass is 32.1. The number of carbonyl (C=O) groups is 4. The Morgan fingerprint density at radius 1 is 0.943 bits per heavy atom. The Balaban J connectivity index is 0. The first-order valence-corrected chi connectivity index (χ1v) is 26.2. The Morgan fingerprint density at radius 3 is 2.03 bits per heavy atom. The van der Waals surface area contributed by atoms with Gasteiger partial charge >= 0.3 is 0 Å². The second kappa shape index (κ2) is 43.0. The van der Waals surface area contributed by atoms with E-state index in [1.807, 2.05) is 64.1 Å². The lowest BCUT2D eigenvalue weighted by molar-refractivity contribution is -0.138. The van der Waals surface area contributed by atoms with Crippen LogP contribution >= 0.6 is 11.3 Å². The van der Waals surface area contributed by atoms with Crippen molar-refractivity contribution in [3.05, 3.63) is 53.5 Å². The monoisotopic (exact) mass is 1010 g/mol. The number of allylic oxidation sites excluding steroid dienone is 3. The Labute approximate surface area is 427 Å². The maximum Gasteiger partial charge on any atom is 0.242 e. The maximum atomic E-state index is 13.0. The zero-order valence-corrected chi connectivity index (χ0v) is 46.6. The van der Waals surface area contributed by atoms with Crippen molar-refractivity contribution in [1.82, 2.24) is 30.3 Å². The summed E-state index contributed by atoms with van der Waals surface area (Å²) in [6.45, 7) is 32.4. The highest BCUT2D eigenvalue weighted by molar-refractivity contribution is 7.09. The number of nitrogens with two attached hydrogens (primary N) is 1. The van der Waals surface area contributed by atoms with Gasteiger partial charge in [0, 0.05) is 45.9 Å². The zero-order chi connectivity index (χ0) is 53.4. The molecule has 0 saturated carbocycles. The molecule has 4 amide bonds. The van der Waals surface area contributed by atoms with Gasteiger partial charge in [0.25, 0.3) is 0 Å². The summed E-state index contributed by atoms with van der Waals surface area (Å²) in [5.41, 5.74) is 0.874. The molecule has 17 nitrogen and oxygen atoms in total. The van der Waals surface area contributed by atoms with E-state index in [2.05, 4.69) is 68.2 Å². The number of thiazole rings is 1. The zero-order valence-electron chi connectivity index (χ0n) is 45.7. The van der Waals surface area contributed by atoms with Crippen LogP contribution in [-0.4, -0.2) is 168 Å². The molecule has 406 valence electrons. The molecule has 8 atom stereocenters. The number of nitrogens with one attached hydrogen (secondary N) is 2. The summed E-state index contributed by atoms with van der Waals surface area (Å²) in [5, 5.41) is 8.67. The van der Waals surface area contributed by atoms with E-state index in [1.165, 1.54) is 17.8 Å². The van der Waals surface area contributed by atoms with E-state index in [-0.39, 0.29) is 72.5 Å². The Kier molecular flexibility index (Phi) is 42.1. The van der Waals surface area contributed by atoms with Crippen molar-refractivity contribution in [2.24, 2.45) is 23.7 Å². The van der Waals surface area contributed by atoms with Crippen molar-refractivity contribution in [3.63, 3.8) is 0 Å². The van der Waals surface area contributed by atoms with Gasteiger partial charge in [0.15, 0.2) is 0 Å². The fraction of sp³-hybridized carbons (Fsp3) is 0.750. The molecule has 70 heavy (non-hydrogen) atoms. The summed E-state index contributed by atoms with van der Waals surface area (Å²) < 4.78 is 27.6. The number of carbonyl (C=O) groups excluding carboxylic acids is 4. The predicted molar refractivity (Wildman–Crippen MR) is 283 cm³/mol. The molecule has 8 unspecified atom stereocenters. The van der Waals surface area contributed by atoms with E-state index in [0.29, 0.717) is 65.8 Å². The van der Waals surface area contributed by atoms with Gasteiger partial charge in [0.05, 0.1) is 95.1 Å². The fourth-order valence-electron chi connectivity index (χ4n) is 7.94. The smallest absolute Gasteiger partial charge is 0.242 e. The van der Waals surface area contributed by atoms with E-state index in [9.17, 15) is 19.2 Å². The van der Waals surface area contributed by atoms with Crippen LogP contribution in [0.1, 0.15) is 119 Å². The summed E-state index contributed by atoms with van der Waals surface area (Å²) in [7, 11) is 6.96. The molecule has 4 N–H and O–H groups in total. The minimum absolute atomic E-state index is 0.0454. The van der Waals surface area contributed by atoms with Crippen LogP contribution in [0.4, 0.5) is 0 Å². The molecule has 1 aliphatic rings. The van der Waals surface area contributed by atoms with Gasteiger partial charge in [-0.2, -0.15) is 0 Å². The van der Waals surface area contributed by atoms with Gasteiger partial charge in [0.1, 0.15) is 5.01 Å². The Morgan fingerprint density at radius 2 is 1.54 bits per heavy atom. The fourth-order valence-corrected chi connectivity index (χ4v) is 8.63. The summed E-state index contributed by atoms with van der Waals surface area (Å²) in [4.78, 5) is 64.5. The first-order valence-electron chi connectivity index (χ1n) is 25.3. The standard InChI is InChI=1S/C26H54N4O7.C21H29N3O3S.C3H8.C2H6/c1-9-21(5)25(22(10-2)33-8)30(7)23(31)19-28-26(32)24(20(3)4)29(6)11-12-34-13-14-35-15-16-36-17-18-37-27;1-5-6-8-15(2)13-17(21-22-10-12-28-21)23-20(26)16(3)19(27-4)18-9-7-11-24(18)14-25;1-3-2;1-2/h20-22,24-25H,9-19,27H2,1-8H3,(H,28,32);5-6,8,10,12,14,16-19H,1-2,7,9,11,13H2,3-4H3,(H,23,26);3H2,1-2H3;1-2H3/b;8-6-;;. The van der Waals surface area contributed by atoms with Crippen LogP contribution < -0.4 is 16.5 Å². The molecule has 0 radical (unpaired) electrons. The number of ether oxygens (including phenoxy) is 5. The van der Waals surface area contributed by atoms with Gasteiger partial charge in [0.2, 0.25) is 24.1 Å². The molecule has 1 aromatic heterocycles. The predicted octanol–water partition coefficient (Wildman–Crippen LogP) is 7.00. The van der Waals surface area contributed by atoms with Crippen LogP contribution in [-0.2, 0) is 47.7 Å². The number of amides is 4. The molecule has 1 aromatic rings. The van der Waals surface area contributed by atoms with Crippen molar-refractivity contribution in [2.45, 2.75) is 144 Å². The van der Waals surface area contributed by atoms with Crippen LogP contribution in [0.5, 0.6) is 0 Å². The minimum Gasteiger partial charge on any atom is -0.379 e. The number of likely N-dealkylation sites (tertiary alicyclic amines) is 1. The van der Waals surface area contributed by atoms with Gasteiger partial charge in [-0.3, -0.25) is 24.1 Å². The normalized spacial score (nSPS) is 16.2. The molecule has 0 aliphatic carbocycles. The average molecular weight is 1010 g/mol. The molecule has 0 spiro atoms. The minimum atomic E-state index is -0.407. The highest BCUT2D eigenvalue weighted by Crippen LogP contribution is 2.28. The van der Waals surface area contributed by atoms with Crippen molar-refractivity contribution in [2.75, 3.05) is 94.2 Å². The number of nitrogens with zero attached hydrogens (tertiary/aromatic N) is 4. The van der Waals surface area contributed by atoms with Gasteiger partial charge in [-0.25, -0.2) is 10.9 Å². The maximum absolute atomic E-state index is 13.0. The van der Waals surface area contributed by atoms with Crippen LogP contribution in [0.3, 0.4) is 0 Å². The second-order valence-corrected chi connectivity index (χ2v) is 18.2. The molecule has 0 bridgehead atoms. The van der Waals surface area contributed by atoms with Crippen LogP contribution in [0.15, 0.2) is 48.5 Å². The molecule has 2 heterocycles. The van der Waals surface area contributed by atoms with E-state index in [0.717, 1.165) is 42.7 Å². The molecule has 1 fully saturated rings. The van der Waals surface area contributed by atoms with Crippen LogP contribution in [0.2, 0.25) is 0 Å².